The summed E-state index contributed by atoms with van der Waals surface area (Å²) in [5, 5.41) is 33.6. The van der Waals surface area contributed by atoms with Gasteiger partial charge < -0.3 is 20.2 Å². The Morgan fingerprint density at radius 3 is 2.47 bits per heavy atom. The molecule has 4 fully saturated rings. The molecule has 0 heterocycles. The van der Waals surface area contributed by atoms with Gasteiger partial charge in [0, 0.05) is 6.54 Å². The average molecular weight is 498 g/mol. The minimum Gasteiger partial charge on any atom is -0.393 e. The fourth-order valence-electron chi connectivity index (χ4n) is 9.99. The van der Waals surface area contributed by atoms with Crippen molar-refractivity contribution in [2.24, 2.45) is 46.3 Å². The number of benzene rings is 1. The van der Waals surface area contributed by atoms with Crippen LogP contribution in [-0.4, -0.2) is 52.1 Å². The van der Waals surface area contributed by atoms with E-state index in [2.05, 4.69) is 63.1 Å². The van der Waals surface area contributed by atoms with Crippen molar-refractivity contribution in [1.29, 1.82) is 0 Å². The first-order chi connectivity index (χ1) is 17.1. The molecule has 0 aromatic heterocycles. The van der Waals surface area contributed by atoms with Gasteiger partial charge in [-0.3, -0.25) is 0 Å². The molecule has 1 aromatic rings. The molecule has 36 heavy (non-hydrogen) atoms. The zero-order valence-corrected chi connectivity index (χ0v) is 23.1. The Kier molecular flexibility index (Phi) is 7.64. The van der Waals surface area contributed by atoms with E-state index in [1.165, 1.54) is 24.8 Å². The maximum atomic E-state index is 11.8. The van der Waals surface area contributed by atoms with Gasteiger partial charge in [0.2, 0.25) is 0 Å². The monoisotopic (exact) mass is 497 g/mol. The van der Waals surface area contributed by atoms with E-state index < -0.39 is 0 Å². The van der Waals surface area contributed by atoms with Crippen LogP contribution in [0.3, 0.4) is 0 Å². The molecule has 202 valence electrons. The second-order valence-corrected chi connectivity index (χ2v) is 13.9. The van der Waals surface area contributed by atoms with Crippen LogP contribution < -0.4 is 0 Å². The predicted octanol–water partition coefficient (Wildman–Crippen LogP) is 5.50. The summed E-state index contributed by atoms with van der Waals surface area (Å²) in [6.45, 7) is 9.31. The first kappa shape index (κ1) is 26.7. The van der Waals surface area contributed by atoms with Crippen molar-refractivity contribution in [3.05, 3.63) is 35.9 Å². The Balaban J connectivity index is 1.24. The molecule has 11 atom stereocenters. The van der Waals surface area contributed by atoms with E-state index in [1.54, 1.807) is 0 Å². The highest BCUT2D eigenvalue weighted by atomic mass is 16.3. The third kappa shape index (κ3) is 4.59. The second-order valence-electron chi connectivity index (χ2n) is 13.9. The lowest BCUT2D eigenvalue weighted by atomic mass is 9.43. The number of nitrogens with zero attached hydrogens (tertiary/aromatic N) is 1. The first-order valence-electron chi connectivity index (χ1n) is 14.9. The third-order valence-corrected chi connectivity index (χ3v) is 12.0. The lowest BCUT2D eigenvalue weighted by molar-refractivity contribution is -0.207. The van der Waals surface area contributed by atoms with Gasteiger partial charge in [-0.15, -0.1) is 0 Å². The summed E-state index contributed by atoms with van der Waals surface area (Å²) in [4.78, 5) is 2.43. The van der Waals surface area contributed by atoms with Gasteiger partial charge in [0.25, 0.3) is 0 Å². The van der Waals surface area contributed by atoms with Crippen LogP contribution in [0.1, 0.15) is 84.1 Å². The molecule has 4 heteroatoms. The molecule has 0 saturated heterocycles. The van der Waals surface area contributed by atoms with Crippen LogP contribution in [-0.2, 0) is 6.54 Å². The lowest BCUT2D eigenvalue weighted by Crippen LogP contribution is -2.62. The van der Waals surface area contributed by atoms with Gasteiger partial charge in [-0.2, -0.15) is 0 Å². The molecule has 1 aromatic carbocycles. The highest BCUT2D eigenvalue weighted by Gasteiger charge is 2.65. The van der Waals surface area contributed by atoms with E-state index in [4.69, 9.17) is 0 Å². The number of hydrogen-bond donors (Lipinski definition) is 3. The Labute approximate surface area is 219 Å². The van der Waals surface area contributed by atoms with Crippen LogP contribution in [0.5, 0.6) is 0 Å². The fourth-order valence-corrected chi connectivity index (χ4v) is 9.99. The molecular weight excluding hydrogens is 446 g/mol. The molecule has 4 nitrogen and oxygen atoms in total. The van der Waals surface area contributed by atoms with Crippen molar-refractivity contribution < 1.29 is 15.3 Å². The summed E-state index contributed by atoms with van der Waals surface area (Å²) in [6, 6.07) is 10.7. The van der Waals surface area contributed by atoms with Gasteiger partial charge in [0.1, 0.15) is 0 Å². The molecule has 4 saturated carbocycles. The largest absolute Gasteiger partial charge is 0.393 e. The van der Waals surface area contributed by atoms with Gasteiger partial charge in [-0.1, -0.05) is 51.1 Å². The highest BCUT2D eigenvalue weighted by Crippen LogP contribution is 2.68. The molecule has 0 amide bonds. The van der Waals surface area contributed by atoms with E-state index in [9.17, 15) is 15.3 Å². The van der Waals surface area contributed by atoms with Crippen LogP contribution in [0, 0.1) is 46.3 Å². The van der Waals surface area contributed by atoms with Crippen LogP contribution >= 0.6 is 0 Å². The third-order valence-electron chi connectivity index (χ3n) is 12.0. The zero-order chi connectivity index (χ0) is 25.7. The molecule has 0 spiro atoms. The first-order valence-corrected chi connectivity index (χ1v) is 14.9. The van der Waals surface area contributed by atoms with Crippen molar-refractivity contribution in [2.75, 3.05) is 13.6 Å². The van der Waals surface area contributed by atoms with Gasteiger partial charge in [-0.25, -0.2) is 0 Å². The summed E-state index contributed by atoms with van der Waals surface area (Å²) in [7, 11) is 2.22. The Morgan fingerprint density at radius 2 is 1.72 bits per heavy atom. The van der Waals surface area contributed by atoms with E-state index in [0.29, 0.717) is 35.5 Å². The van der Waals surface area contributed by atoms with E-state index in [-0.39, 0.29) is 29.1 Å². The topological polar surface area (TPSA) is 63.9 Å². The van der Waals surface area contributed by atoms with Gasteiger partial charge in [-0.05, 0) is 123 Å². The van der Waals surface area contributed by atoms with E-state index in [0.717, 1.165) is 51.6 Å². The number of aliphatic hydroxyl groups excluding tert-OH is 3. The molecule has 5 rings (SSSR count). The second kappa shape index (κ2) is 10.3. The normalized spacial score (nSPS) is 45.1. The zero-order valence-electron chi connectivity index (χ0n) is 23.1. The van der Waals surface area contributed by atoms with E-state index in [1.807, 2.05) is 0 Å². The van der Waals surface area contributed by atoms with Gasteiger partial charge >= 0.3 is 0 Å². The highest BCUT2D eigenvalue weighted by molar-refractivity contribution is 5.15. The molecule has 1 unspecified atom stereocenters. The average Bonchev–Trinajstić information content (AvgIpc) is 3.20. The Bertz CT molecular complexity index is 877. The Morgan fingerprint density at radius 1 is 0.972 bits per heavy atom. The number of aliphatic hydroxyl groups is 3. The fraction of sp³-hybridized carbons (Fsp3) is 0.812. The van der Waals surface area contributed by atoms with Crippen LogP contribution in [0.2, 0.25) is 0 Å². The molecule has 0 bridgehead atoms. The number of fused-ring (bicyclic) bond motifs is 5. The summed E-state index contributed by atoms with van der Waals surface area (Å²) in [6.07, 6.45) is 8.37. The summed E-state index contributed by atoms with van der Waals surface area (Å²) in [5.74, 6) is 2.61. The minimum atomic E-state index is -0.283. The molecule has 3 N–H and O–H groups in total. The van der Waals surface area contributed by atoms with Crippen molar-refractivity contribution >= 4 is 0 Å². The summed E-state index contributed by atoms with van der Waals surface area (Å²) >= 11 is 0. The smallest absolute Gasteiger partial charge is 0.0602 e. The number of rotatable bonds is 7. The standard InChI is InChI=1S/C32H51NO3/c1-21(9-8-16-33(4)20-22-10-6-5-7-11-22)25-12-13-26-30-27(19-29(36)32(25,26)3)31(2)15-14-24(34)17-23(31)18-28(30)35/h5-7,10-11,21,23-30,34-36H,8-9,12-20H2,1-4H3/t21-,23+,24?,25-,26+,27+,28-,29+,30+,31+,32-/m1/s1. The molecule has 0 aliphatic heterocycles. The Hall–Kier alpha value is -0.940. The summed E-state index contributed by atoms with van der Waals surface area (Å²) < 4.78 is 0. The van der Waals surface area contributed by atoms with Crippen molar-refractivity contribution in [3.8, 4) is 0 Å². The number of hydrogen-bond acceptors (Lipinski definition) is 4. The molecule has 4 aliphatic carbocycles. The van der Waals surface area contributed by atoms with Crippen LogP contribution in [0.15, 0.2) is 30.3 Å². The minimum absolute atomic E-state index is 0.0884. The van der Waals surface area contributed by atoms with Crippen LogP contribution in [0.4, 0.5) is 0 Å². The van der Waals surface area contributed by atoms with Crippen LogP contribution in [0.25, 0.3) is 0 Å². The predicted molar refractivity (Wildman–Crippen MR) is 145 cm³/mol. The van der Waals surface area contributed by atoms with Crippen molar-refractivity contribution in [3.63, 3.8) is 0 Å². The maximum absolute atomic E-state index is 11.8. The molecule has 4 aliphatic rings. The SMILES string of the molecule is C[C@H](CCCN(C)Cc1ccccc1)[C@H]1CC[C@H]2[C@@H]3[C@H](O)C[C@@H]4CC(O)CC[C@]4(C)[C@H]3C[C@H](O)[C@]12C. The van der Waals surface area contributed by atoms with E-state index >= 15 is 0 Å². The lowest BCUT2D eigenvalue weighted by Gasteiger charge is -2.63. The quantitative estimate of drug-likeness (QED) is 0.466. The van der Waals surface area contributed by atoms with Crippen molar-refractivity contribution in [2.45, 2.75) is 103 Å². The summed E-state index contributed by atoms with van der Waals surface area (Å²) in [5.41, 5.74) is 1.43. The van der Waals surface area contributed by atoms with Gasteiger partial charge in [0.15, 0.2) is 0 Å². The molecular formula is C32H51NO3. The maximum Gasteiger partial charge on any atom is 0.0602 e. The van der Waals surface area contributed by atoms with Gasteiger partial charge in [0.05, 0.1) is 18.3 Å². The molecule has 0 radical (unpaired) electrons. The van der Waals surface area contributed by atoms with Crippen molar-refractivity contribution in [1.82, 2.24) is 4.90 Å².